The van der Waals surface area contributed by atoms with Gasteiger partial charge >= 0.3 is 5.97 Å². The van der Waals surface area contributed by atoms with E-state index in [1.165, 1.54) is 7.11 Å². The Morgan fingerprint density at radius 1 is 1.17 bits per heavy atom. The van der Waals surface area contributed by atoms with Crippen molar-refractivity contribution in [2.45, 2.75) is 32.0 Å². The largest absolute Gasteiger partial charge is 0.493 e. The Hall–Kier alpha value is -3.76. The Balaban J connectivity index is 1.48. The molecule has 7 heteroatoms. The fourth-order valence-corrected chi connectivity index (χ4v) is 4.63. The summed E-state index contributed by atoms with van der Waals surface area (Å²) in [6.07, 6.45) is 4.14. The molecule has 0 amide bonds. The van der Waals surface area contributed by atoms with Gasteiger partial charge < -0.3 is 19.7 Å². The van der Waals surface area contributed by atoms with Crippen LogP contribution in [0.2, 0.25) is 19.6 Å². The van der Waals surface area contributed by atoms with Gasteiger partial charge in [-0.25, -0.2) is 4.79 Å². The Morgan fingerprint density at radius 2 is 1.92 bits per heavy atom. The third kappa shape index (κ3) is 6.07. The molecule has 1 atom stereocenters. The summed E-state index contributed by atoms with van der Waals surface area (Å²) in [5.41, 5.74) is 8.92. The van der Waals surface area contributed by atoms with E-state index in [1.54, 1.807) is 18.5 Å². The summed E-state index contributed by atoms with van der Waals surface area (Å²) in [5.74, 6) is 4.08. The number of nitrogens with one attached hydrogen (secondary N) is 1. The van der Waals surface area contributed by atoms with E-state index >= 15 is 0 Å². The summed E-state index contributed by atoms with van der Waals surface area (Å²) in [6, 6.07) is 16.4. The molecule has 0 aliphatic carbocycles. The number of rotatable bonds is 6. The molecule has 0 fully saturated rings. The van der Waals surface area contributed by atoms with Crippen molar-refractivity contribution in [2.24, 2.45) is 0 Å². The molecule has 2 aromatic carbocycles. The molecule has 186 valence electrons. The van der Waals surface area contributed by atoms with Crippen LogP contribution in [0.3, 0.4) is 0 Å². The molecular formula is C29H33N3O3Si. The molecule has 6 nitrogen and oxygen atoms in total. The second-order valence-electron chi connectivity index (χ2n) is 9.96. The van der Waals surface area contributed by atoms with Gasteiger partial charge in [-0.15, -0.1) is 5.54 Å². The predicted molar refractivity (Wildman–Crippen MR) is 148 cm³/mol. The lowest BCUT2D eigenvalue weighted by Gasteiger charge is -2.28. The molecule has 3 aromatic rings. The third-order valence-corrected chi connectivity index (χ3v) is 7.02. The lowest BCUT2D eigenvalue weighted by atomic mass is 9.92. The number of anilines is 3. The summed E-state index contributed by atoms with van der Waals surface area (Å²) in [4.78, 5) is 18.4. The van der Waals surface area contributed by atoms with Gasteiger partial charge in [0, 0.05) is 48.7 Å². The summed E-state index contributed by atoms with van der Waals surface area (Å²) in [5, 5.41) is 3.39. The zero-order valence-corrected chi connectivity index (χ0v) is 22.6. The standard InChI is InChI=1S/C29H33N3O3Si/c1-32(23-8-6-21(7-9-23)14-17-36(3,4)5)24-10-11-25-22(13-16-35-28(25)18-24)19-31-27-20-30-15-12-26(27)29(33)34-2/h6-12,15,18,20,22,31H,13,16,19H2,1-5H3/t22-/m0/s1. The average Bonchev–Trinajstić information content (AvgIpc) is 2.89. The molecule has 0 saturated heterocycles. The molecule has 1 aliphatic heterocycles. The average molecular weight is 500 g/mol. The number of hydrogen-bond acceptors (Lipinski definition) is 6. The van der Waals surface area contributed by atoms with Gasteiger partial charge in [0.15, 0.2) is 0 Å². The van der Waals surface area contributed by atoms with Gasteiger partial charge in [0.1, 0.15) is 13.8 Å². The smallest absolute Gasteiger partial charge is 0.340 e. The zero-order chi connectivity index (χ0) is 25.7. The van der Waals surface area contributed by atoms with E-state index in [-0.39, 0.29) is 11.9 Å². The van der Waals surface area contributed by atoms with Crippen molar-refractivity contribution < 1.29 is 14.3 Å². The van der Waals surface area contributed by atoms with E-state index in [2.05, 4.69) is 95.8 Å². The highest BCUT2D eigenvalue weighted by Gasteiger charge is 2.23. The predicted octanol–water partition coefficient (Wildman–Crippen LogP) is 5.84. The highest BCUT2D eigenvalue weighted by atomic mass is 28.3. The number of pyridine rings is 1. The molecule has 4 rings (SSSR count). The molecule has 1 aliphatic rings. The van der Waals surface area contributed by atoms with Crippen molar-refractivity contribution in [2.75, 3.05) is 37.5 Å². The van der Waals surface area contributed by atoms with Gasteiger partial charge in [0.2, 0.25) is 0 Å². The molecule has 2 heterocycles. The maximum atomic E-state index is 12.1. The van der Waals surface area contributed by atoms with Gasteiger partial charge in [-0.2, -0.15) is 0 Å². The van der Waals surface area contributed by atoms with Gasteiger partial charge in [-0.05, 0) is 48.4 Å². The maximum Gasteiger partial charge on any atom is 0.340 e. The van der Waals surface area contributed by atoms with Crippen LogP contribution in [-0.2, 0) is 4.74 Å². The molecule has 1 N–H and O–H groups in total. The number of methoxy groups -OCH3 is 1. The van der Waals surface area contributed by atoms with Crippen molar-refractivity contribution in [3.8, 4) is 17.2 Å². The summed E-state index contributed by atoms with van der Waals surface area (Å²) in [6.45, 7) is 8.06. The summed E-state index contributed by atoms with van der Waals surface area (Å²) >= 11 is 0. The molecule has 0 unspecified atom stereocenters. The highest BCUT2D eigenvalue weighted by molar-refractivity contribution is 6.83. The number of carbonyl (C=O) groups excluding carboxylic acids is 1. The van der Waals surface area contributed by atoms with Crippen LogP contribution in [0.4, 0.5) is 17.1 Å². The summed E-state index contributed by atoms with van der Waals surface area (Å²) in [7, 11) is 2.04. The minimum Gasteiger partial charge on any atom is -0.493 e. The van der Waals surface area contributed by atoms with Crippen LogP contribution in [0.1, 0.15) is 33.8 Å². The van der Waals surface area contributed by atoms with Gasteiger partial charge in [-0.1, -0.05) is 31.6 Å². The second kappa shape index (κ2) is 10.9. The van der Waals surface area contributed by atoms with E-state index < -0.39 is 8.07 Å². The van der Waals surface area contributed by atoms with Crippen LogP contribution in [0.5, 0.6) is 5.75 Å². The van der Waals surface area contributed by atoms with Crippen molar-refractivity contribution >= 4 is 31.1 Å². The Morgan fingerprint density at radius 3 is 2.64 bits per heavy atom. The summed E-state index contributed by atoms with van der Waals surface area (Å²) < 4.78 is 10.9. The number of esters is 1. The fraction of sp³-hybridized carbons (Fsp3) is 0.310. The Bertz CT molecular complexity index is 1290. The topological polar surface area (TPSA) is 63.7 Å². The minimum absolute atomic E-state index is 0.253. The molecule has 0 bridgehead atoms. The number of aromatic nitrogens is 1. The number of hydrogen-bond donors (Lipinski definition) is 1. The SMILES string of the molecule is COC(=O)c1ccncc1NC[C@@H]1CCOc2cc(N(C)c3ccc(C#C[Si](C)(C)C)cc3)ccc21. The van der Waals surface area contributed by atoms with E-state index in [0.717, 1.165) is 34.7 Å². The molecule has 0 spiro atoms. The van der Waals surface area contributed by atoms with Gasteiger partial charge in [-0.3, -0.25) is 4.98 Å². The van der Waals surface area contributed by atoms with Crippen LogP contribution in [0.25, 0.3) is 0 Å². The lowest BCUT2D eigenvalue weighted by Crippen LogP contribution is -2.22. The first-order chi connectivity index (χ1) is 17.2. The van der Waals surface area contributed by atoms with E-state index in [0.29, 0.717) is 24.4 Å². The first-order valence-electron chi connectivity index (χ1n) is 12.1. The number of benzene rings is 2. The van der Waals surface area contributed by atoms with Crippen molar-refractivity contribution in [1.29, 1.82) is 0 Å². The monoisotopic (exact) mass is 499 g/mol. The van der Waals surface area contributed by atoms with Crippen LogP contribution >= 0.6 is 0 Å². The Kier molecular flexibility index (Phi) is 7.66. The molecule has 0 saturated carbocycles. The van der Waals surface area contributed by atoms with Gasteiger partial charge in [0.05, 0.1) is 31.2 Å². The Labute approximate surface area is 214 Å². The normalized spacial score (nSPS) is 14.5. The van der Waals surface area contributed by atoms with Crippen LogP contribution < -0.4 is 15.0 Å². The second-order valence-corrected chi connectivity index (χ2v) is 14.7. The number of carbonyl (C=O) groups is 1. The molecule has 1 aromatic heterocycles. The van der Waals surface area contributed by atoms with E-state index in [1.807, 2.05) is 0 Å². The van der Waals surface area contributed by atoms with E-state index in [4.69, 9.17) is 9.47 Å². The van der Waals surface area contributed by atoms with E-state index in [9.17, 15) is 4.79 Å². The van der Waals surface area contributed by atoms with Crippen molar-refractivity contribution in [3.05, 3.63) is 77.6 Å². The fourth-order valence-electron chi connectivity index (χ4n) is 4.11. The van der Waals surface area contributed by atoms with Crippen LogP contribution in [-0.4, -0.2) is 46.3 Å². The van der Waals surface area contributed by atoms with Crippen molar-refractivity contribution in [3.63, 3.8) is 0 Å². The minimum atomic E-state index is -1.40. The zero-order valence-electron chi connectivity index (χ0n) is 21.6. The van der Waals surface area contributed by atoms with Crippen molar-refractivity contribution in [1.82, 2.24) is 4.98 Å². The van der Waals surface area contributed by atoms with Crippen LogP contribution in [0.15, 0.2) is 60.9 Å². The number of fused-ring (bicyclic) bond motifs is 1. The van der Waals surface area contributed by atoms with Gasteiger partial charge in [0.25, 0.3) is 0 Å². The first kappa shape index (κ1) is 25.3. The quantitative estimate of drug-likeness (QED) is 0.261. The number of nitrogens with zero attached hydrogens (tertiary/aromatic N) is 2. The lowest BCUT2D eigenvalue weighted by molar-refractivity contribution is 0.0601. The maximum absolute atomic E-state index is 12.1. The first-order valence-corrected chi connectivity index (χ1v) is 15.6. The third-order valence-electron chi connectivity index (χ3n) is 6.15. The number of ether oxygens (including phenoxy) is 2. The molecule has 36 heavy (non-hydrogen) atoms. The van der Waals surface area contributed by atoms with Crippen LogP contribution in [0, 0.1) is 11.5 Å². The highest BCUT2D eigenvalue weighted by Crippen LogP contribution is 2.38. The molecule has 0 radical (unpaired) electrons. The molecular weight excluding hydrogens is 466 g/mol.